The fourth-order valence-electron chi connectivity index (χ4n) is 9.29. The van der Waals surface area contributed by atoms with Crippen molar-refractivity contribution in [3.63, 3.8) is 0 Å². The second-order valence-electron chi connectivity index (χ2n) is 21.5. The maximum absolute atomic E-state index is 14.5. The van der Waals surface area contributed by atoms with Crippen molar-refractivity contribution >= 4 is 87.7 Å². The van der Waals surface area contributed by atoms with E-state index in [0.29, 0.717) is 89.7 Å². The predicted molar refractivity (Wildman–Crippen MR) is 331 cm³/mol. The molecule has 6 atom stereocenters. The van der Waals surface area contributed by atoms with Crippen molar-refractivity contribution in [3.8, 4) is 0 Å². The van der Waals surface area contributed by atoms with Crippen LogP contribution in [0.4, 0.5) is 0 Å². The molecule has 0 unspecified atom stereocenters. The van der Waals surface area contributed by atoms with Gasteiger partial charge in [-0.15, -0.1) is 0 Å². The molecule has 11 amide bonds. The minimum Gasteiger partial charge on any atom is -0.368 e. The molecule has 1 saturated heterocycles. The van der Waals surface area contributed by atoms with E-state index < -0.39 is 127 Å². The number of amides is 11. The van der Waals surface area contributed by atoms with E-state index in [1.807, 2.05) is 84.0 Å². The second-order valence-corrected chi connectivity index (χ2v) is 21.5. The predicted octanol–water partition coefficient (Wildman–Crippen LogP) is -1.68. The maximum atomic E-state index is 14.5. The lowest BCUT2D eigenvalue weighted by molar-refractivity contribution is -0.142. The van der Waals surface area contributed by atoms with Crippen molar-refractivity contribution < 1.29 is 52.7 Å². The van der Waals surface area contributed by atoms with E-state index >= 15 is 0 Å². The molecule has 0 aromatic heterocycles. The van der Waals surface area contributed by atoms with Crippen molar-refractivity contribution in [1.29, 1.82) is 0 Å². The topological polar surface area (TPSA) is 398 Å². The van der Waals surface area contributed by atoms with Gasteiger partial charge < -0.3 is 79.8 Å². The molecule has 2 aromatic carbocycles. The molecule has 28 nitrogen and oxygen atoms in total. The standard InChI is InChI=1S/C59H95N17O11/c1-9-61-58(62-10-2)65-27-17-15-22-43(73-51(81)36-69-49(79)34-67-48(78)33-68-50(80)35-70-53(83)46(72-39(8)77)32-40-25-26-41-20-13-14-21-42(41)31-40)54(84)75-45(30-37(5)6)55(85)74-44(23-16-18-28-66-59(63-11-3)64-12-4)57(87)76-29-19-24-47(76)56(86)71-38(7)52(60)82/h13-14,20-21,25-26,31,37-38,43-47H,9-12,15-19,22-24,27-30,32-36H2,1-8H3,(H2,60,82)(H,67,78)(H,68,80)(H,69,79)(H,70,83)(H,71,86)(H,72,77)(H,73,81)(H,74,85)(H,75,84)(H2,61,62,65)(H2,63,64,66)/t38-,43-,44+,45+,46-,47+/m1/s1. The van der Waals surface area contributed by atoms with Gasteiger partial charge in [0.1, 0.15) is 36.3 Å². The lowest BCUT2D eigenvalue weighted by Gasteiger charge is -2.31. The quantitative estimate of drug-likeness (QED) is 0.0204. The van der Waals surface area contributed by atoms with Gasteiger partial charge in [0.05, 0.1) is 26.2 Å². The number of nitrogens with two attached hydrogens (primary N) is 1. The van der Waals surface area contributed by atoms with E-state index in [2.05, 4.69) is 79.1 Å². The van der Waals surface area contributed by atoms with Gasteiger partial charge in [-0.2, -0.15) is 0 Å². The second kappa shape index (κ2) is 39.9. The van der Waals surface area contributed by atoms with Crippen LogP contribution in [0, 0.1) is 5.92 Å². The molecule has 1 fully saturated rings. The van der Waals surface area contributed by atoms with Crippen molar-refractivity contribution in [2.75, 3.05) is 72.0 Å². The van der Waals surface area contributed by atoms with Crippen molar-refractivity contribution in [1.82, 2.24) is 74.0 Å². The van der Waals surface area contributed by atoms with E-state index in [9.17, 15) is 52.7 Å². The molecule has 0 bridgehead atoms. The van der Waals surface area contributed by atoms with Crippen molar-refractivity contribution in [3.05, 3.63) is 48.0 Å². The van der Waals surface area contributed by atoms with E-state index in [-0.39, 0.29) is 38.1 Å². The zero-order chi connectivity index (χ0) is 64.3. The molecule has 1 aliphatic heterocycles. The molecule has 87 heavy (non-hydrogen) atoms. The number of hydrogen-bond acceptors (Lipinski definition) is 13. The van der Waals surface area contributed by atoms with Crippen LogP contribution in [0.15, 0.2) is 52.4 Å². The number of guanidine groups is 2. The normalized spacial score (nSPS) is 14.3. The Labute approximate surface area is 510 Å². The third kappa shape index (κ3) is 28.0. The van der Waals surface area contributed by atoms with E-state index in [4.69, 9.17) is 5.73 Å². The molecule has 0 aliphatic carbocycles. The van der Waals surface area contributed by atoms with E-state index in [0.717, 1.165) is 16.3 Å². The minimum absolute atomic E-state index is 0.0983. The molecule has 28 heteroatoms. The van der Waals surface area contributed by atoms with Crippen molar-refractivity contribution in [2.45, 2.75) is 156 Å². The first-order valence-electron chi connectivity index (χ1n) is 30.3. The number of carbonyl (C=O) groups excluding carboxylic acids is 11. The maximum Gasteiger partial charge on any atom is 0.245 e. The zero-order valence-corrected chi connectivity index (χ0v) is 51.8. The monoisotopic (exact) mass is 1220 g/mol. The Hall–Kier alpha value is -8.59. The SMILES string of the molecule is CCNC(=NCCCC[C@H](NC(=O)[C@H](CC(C)C)NC(=O)[C@@H](CCCCN=C(NCC)NCC)NC(=O)CNC(=O)CNC(=O)CNC(=O)CNC(=O)[C@@H](Cc1ccc2ccccc2c1)NC(C)=O)C(=O)N1CCC[C@H]1C(=O)N[C@H](C)C(N)=O)NCC. The highest BCUT2D eigenvalue weighted by atomic mass is 16.2. The largest absolute Gasteiger partial charge is 0.368 e. The third-order valence-electron chi connectivity index (χ3n) is 13.7. The Morgan fingerprint density at radius 2 is 1.06 bits per heavy atom. The number of nitrogens with zero attached hydrogens (tertiary/aromatic N) is 3. The number of nitrogens with one attached hydrogen (secondary N) is 13. The van der Waals surface area contributed by atoms with Gasteiger partial charge in [0.2, 0.25) is 65.0 Å². The summed E-state index contributed by atoms with van der Waals surface area (Å²) in [5.41, 5.74) is 6.19. The Morgan fingerprint density at radius 1 is 0.552 bits per heavy atom. The van der Waals surface area contributed by atoms with E-state index in [1.54, 1.807) is 0 Å². The highest BCUT2D eigenvalue weighted by Crippen LogP contribution is 2.21. The van der Waals surface area contributed by atoms with Crippen LogP contribution in [-0.4, -0.2) is 190 Å². The average Bonchev–Trinajstić information content (AvgIpc) is 2.81. The Balaban J connectivity index is 1.68. The van der Waals surface area contributed by atoms with Gasteiger partial charge in [-0.1, -0.05) is 56.3 Å². The Kier molecular flexibility index (Phi) is 33.3. The molecule has 0 saturated carbocycles. The number of hydrogen-bond donors (Lipinski definition) is 14. The fraction of sp³-hybridized carbons (Fsp3) is 0.610. The summed E-state index contributed by atoms with van der Waals surface area (Å²) in [5.74, 6) is -6.18. The van der Waals surface area contributed by atoms with Crippen LogP contribution >= 0.6 is 0 Å². The van der Waals surface area contributed by atoms with Crippen molar-refractivity contribution in [2.24, 2.45) is 21.6 Å². The lowest BCUT2D eigenvalue weighted by atomic mass is 10.0. The highest BCUT2D eigenvalue weighted by Gasteiger charge is 2.39. The number of benzene rings is 2. The zero-order valence-electron chi connectivity index (χ0n) is 51.8. The first-order chi connectivity index (χ1) is 41.6. The summed E-state index contributed by atoms with van der Waals surface area (Å²) >= 11 is 0. The fourth-order valence-corrected chi connectivity index (χ4v) is 9.29. The van der Waals surface area contributed by atoms with Gasteiger partial charge in [-0.25, -0.2) is 0 Å². The van der Waals surface area contributed by atoms with Crippen LogP contribution in [0.5, 0.6) is 0 Å². The summed E-state index contributed by atoms with van der Waals surface area (Å²) in [5, 5.41) is 37.7. The number of fused-ring (bicyclic) bond motifs is 1. The molecule has 2 aromatic rings. The summed E-state index contributed by atoms with van der Waals surface area (Å²) < 4.78 is 0. The van der Waals surface area contributed by atoms with Gasteiger partial charge in [0.15, 0.2) is 11.9 Å². The van der Waals surface area contributed by atoms with Crippen LogP contribution in [0.3, 0.4) is 0 Å². The number of primary amides is 1. The summed E-state index contributed by atoms with van der Waals surface area (Å²) in [4.78, 5) is 156. The summed E-state index contributed by atoms with van der Waals surface area (Å²) in [6.07, 6.45) is 3.25. The number of unbranched alkanes of at least 4 members (excludes halogenated alkanes) is 2. The molecular weight excluding hydrogens is 1120 g/mol. The number of carbonyl (C=O) groups is 11. The number of aliphatic imine (C=N–C) groups is 2. The Bertz CT molecular complexity index is 2670. The molecule has 1 heterocycles. The first-order valence-corrected chi connectivity index (χ1v) is 30.3. The number of likely N-dealkylation sites (tertiary alicyclic amines) is 1. The third-order valence-corrected chi connectivity index (χ3v) is 13.7. The van der Waals surface area contributed by atoms with Gasteiger partial charge in [0.25, 0.3) is 0 Å². The van der Waals surface area contributed by atoms with Gasteiger partial charge >= 0.3 is 0 Å². The molecule has 0 spiro atoms. The van der Waals surface area contributed by atoms with Gasteiger partial charge in [0, 0.05) is 59.2 Å². The van der Waals surface area contributed by atoms with E-state index in [1.165, 1.54) is 18.7 Å². The van der Waals surface area contributed by atoms with Crippen LogP contribution < -0.4 is 74.9 Å². The average molecular weight is 1220 g/mol. The molecule has 482 valence electrons. The molecule has 15 N–H and O–H groups in total. The Morgan fingerprint density at radius 3 is 1.59 bits per heavy atom. The molecule has 3 rings (SSSR count). The molecule has 1 aliphatic rings. The summed E-state index contributed by atoms with van der Waals surface area (Å²) in [6.45, 7) is 15.5. The van der Waals surface area contributed by atoms with Crippen LogP contribution in [0.25, 0.3) is 10.8 Å². The van der Waals surface area contributed by atoms with Crippen LogP contribution in [0.1, 0.15) is 119 Å². The molecular formula is C59H95N17O11. The van der Waals surface area contributed by atoms with Crippen LogP contribution in [0.2, 0.25) is 0 Å². The smallest absolute Gasteiger partial charge is 0.245 e. The highest BCUT2D eigenvalue weighted by molar-refractivity contribution is 5.98. The van der Waals surface area contributed by atoms with Gasteiger partial charge in [-0.05, 0) is 115 Å². The molecule has 0 radical (unpaired) electrons. The lowest BCUT2D eigenvalue weighted by Crippen LogP contribution is -2.59. The van der Waals surface area contributed by atoms with Gasteiger partial charge in [-0.3, -0.25) is 62.7 Å². The number of rotatable bonds is 37. The summed E-state index contributed by atoms with van der Waals surface area (Å²) in [6, 6.07) is 6.90. The minimum atomic E-state index is -1.21. The first kappa shape index (κ1) is 72.7. The summed E-state index contributed by atoms with van der Waals surface area (Å²) in [7, 11) is 0. The van der Waals surface area contributed by atoms with Crippen LogP contribution in [-0.2, 0) is 59.2 Å².